The number of aromatic nitrogens is 2. The van der Waals surface area contributed by atoms with Crippen LogP contribution in [0.1, 0.15) is 47.4 Å². The smallest absolute Gasteiger partial charge is 0.369 e. The fraction of sp³-hybridized carbons (Fsp3) is 0.700. The van der Waals surface area contributed by atoms with Gasteiger partial charge in [0.05, 0.1) is 6.61 Å². The van der Waals surface area contributed by atoms with E-state index >= 15 is 0 Å². The summed E-state index contributed by atoms with van der Waals surface area (Å²) in [6.45, 7) is 4.39. The summed E-state index contributed by atoms with van der Waals surface area (Å²) in [5.41, 5.74) is 0. The molecule has 1 saturated carbocycles. The van der Waals surface area contributed by atoms with Crippen LogP contribution in [-0.2, 0) is 4.74 Å². The highest BCUT2D eigenvalue weighted by molar-refractivity contribution is 7.13. The molecule has 1 heterocycles. The Morgan fingerprint density at radius 1 is 1.53 bits per heavy atom. The fourth-order valence-corrected chi connectivity index (χ4v) is 2.64. The molecule has 0 spiro atoms. The molecular weight excluding hydrogens is 212 g/mol. The molecule has 0 amide bonds. The Bertz CT molecular complexity index is 358. The number of hydrogen-bond acceptors (Lipinski definition) is 5. The second kappa shape index (κ2) is 4.26. The molecule has 1 fully saturated rings. The zero-order chi connectivity index (χ0) is 10.8. The highest BCUT2D eigenvalue weighted by Crippen LogP contribution is 2.42. The molecule has 4 nitrogen and oxygen atoms in total. The van der Waals surface area contributed by atoms with Crippen molar-refractivity contribution in [3.8, 4) is 0 Å². The molecule has 0 unspecified atom stereocenters. The molecule has 0 radical (unpaired) electrons. The summed E-state index contributed by atoms with van der Waals surface area (Å²) in [5.74, 6) is 0.944. The highest BCUT2D eigenvalue weighted by atomic mass is 32.1. The van der Waals surface area contributed by atoms with Crippen molar-refractivity contribution >= 4 is 17.3 Å². The Hall–Kier alpha value is -0.970. The van der Waals surface area contributed by atoms with Crippen molar-refractivity contribution < 1.29 is 9.53 Å². The first kappa shape index (κ1) is 10.5. The van der Waals surface area contributed by atoms with Crippen molar-refractivity contribution in [1.82, 2.24) is 10.2 Å². The normalized spacial score (nSPS) is 24.7. The van der Waals surface area contributed by atoms with Crippen LogP contribution in [0.5, 0.6) is 0 Å². The van der Waals surface area contributed by atoms with Gasteiger partial charge in [0, 0.05) is 5.92 Å². The topological polar surface area (TPSA) is 52.1 Å². The quantitative estimate of drug-likeness (QED) is 0.742. The number of hydrogen-bond donors (Lipinski definition) is 0. The van der Waals surface area contributed by atoms with Crippen LogP contribution in [0.25, 0.3) is 0 Å². The van der Waals surface area contributed by atoms with Gasteiger partial charge in [0.1, 0.15) is 5.01 Å². The van der Waals surface area contributed by atoms with Gasteiger partial charge in [-0.15, -0.1) is 10.2 Å². The lowest BCUT2D eigenvalue weighted by Crippen LogP contribution is -2.18. The fourth-order valence-electron chi connectivity index (χ4n) is 1.78. The number of ether oxygens (including phenoxy) is 1. The summed E-state index contributed by atoms with van der Waals surface area (Å²) < 4.78 is 4.86. The van der Waals surface area contributed by atoms with Gasteiger partial charge in [-0.2, -0.15) is 0 Å². The molecule has 2 rings (SSSR count). The Balaban J connectivity index is 2.01. The maximum atomic E-state index is 11.3. The molecule has 1 aliphatic rings. The van der Waals surface area contributed by atoms with E-state index in [1.165, 1.54) is 11.3 Å². The Kier molecular flexibility index (Phi) is 3.00. The van der Waals surface area contributed by atoms with E-state index in [1.807, 2.05) is 0 Å². The Morgan fingerprint density at radius 3 is 2.87 bits per heavy atom. The summed E-state index contributed by atoms with van der Waals surface area (Å²) in [7, 11) is 0. The molecule has 1 aromatic heterocycles. The summed E-state index contributed by atoms with van der Waals surface area (Å²) in [6.07, 6.45) is 2.33. The lowest BCUT2D eigenvalue weighted by Gasteiger charge is -2.30. The van der Waals surface area contributed by atoms with Gasteiger partial charge in [-0.3, -0.25) is 0 Å². The monoisotopic (exact) mass is 226 g/mol. The third-order valence-electron chi connectivity index (χ3n) is 2.61. The van der Waals surface area contributed by atoms with Crippen LogP contribution in [0.2, 0.25) is 0 Å². The van der Waals surface area contributed by atoms with Gasteiger partial charge in [-0.25, -0.2) is 4.79 Å². The van der Waals surface area contributed by atoms with E-state index < -0.39 is 0 Å². The number of carbonyl (C=O) groups excluding carboxylic acids is 1. The third-order valence-corrected chi connectivity index (χ3v) is 3.68. The molecule has 82 valence electrons. The van der Waals surface area contributed by atoms with Crippen molar-refractivity contribution in [3.05, 3.63) is 10.0 Å². The van der Waals surface area contributed by atoms with Crippen molar-refractivity contribution in [2.75, 3.05) is 6.61 Å². The molecular formula is C10H14N2O2S. The van der Waals surface area contributed by atoms with Crippen LogP contribution in [0.4, 0.5) is 0 Å². The van der Waals surface area contributed by atoms with Crippen molar-refractivity contribution in [2.24, 2.45) is 5.92 Å². The van der Waals surface area contributed by atoms with E-state index in [0.717, 1.165) is 23.8 Å². The lowest BCUT2D eigenvalue weighted by atomic mass is 9.77. The largest absolute Gasteiger partial charge is 0.461 e. The number of nitrogens with zero attached hydrogens (tertiary/aromatic N) is 2. The number of rotatable bonds is 3. The van der Waals surface area contributed by atoms with Crippen molar-refractivity contribution in [3.63, 3.8) is 0 Å². The second-order valence-corrected chi connectivity index (χ2v) is 4.95. The molecule has 0 aromatic carbocycles. The van der Waals surface area contributed by atoms with Gasteiger partial charge in [-0.05, 0) is 25.7 Å². The minimum atomic E-state index is -0.353. The maximum absolute atomic E-state index is 11.3. The van der Waals surface area contributed by atoms with Gasteiger partial charge in [0.15, 0.2) is 0 Å². The standard InChI is InChI=1S/C10H14N2O2S/c1-3-14-10(13)9-12-11-8(15-9)7-4-6(2)5-7/h6-7H,3-5H2,1-2H3. The van der Waals surface area contributed by atoms with Gasteiger partial charge in [-0.1, -0.05) is 18.3 Å². The van der Waals surface area contributed by atoms with Crippen LogP contribution in [0.15, 0.2) is 0 Å². The third kappa shape index (κ3) is 2.17. The molecule has 1 aliphatic carbocycles. The summed E-state index contributed by atoms with van der Waals surface area (Å²) in [6, 6.07) is 0. The summed E-state index contributed by atoms with van der Waals surface area (Å²) >= 11 is 1.37. The van der Waals surface area contributed by atoms with Crippen LogP contribution < -0.4 is 0 Å². The van der Waals surface area contributed by atoms with Crippen LogP contribution in [-0.4, -0.2) is 22.8 Å². The van der Waals surface area contributed by atoms with Crippen molar-refractivity contribution in [2.45, 2.75) is 32.6 Å². The van der Waals surface area contributed by atoms with Gasteiger partial charge >= 0.3 is 5.97 Å². The molecule has 5 heteroatoms. The van der Waals surface area contributed by atoms with E-state index in [4.69, 9.17) is 4.74 Å². The van der Waals surface area contributed by atoms with Crippen molar-refractivity contribution in [1.29, 1.82) is 0 Å². The number of esters is 1. The van der Waals surface area contributed by atoms with Crippen LogP contribution in [0.3, 0.4) is 0 Å². The zero-order valence-electron chi connectivity index (χ0n) is 8.90. The van der Waals surface area contributed by atoms with E-state index in [9.17, 15) is 4.79 Å². The van der Waals surface area contributed by atoms with E-state index in [-0.39, 0.29) is 5.97 Å². The molecule has 0 saturated heterocycles. The summed E-state index contributed by atoms with van der Waals surface area (Å²) in [5, 5.41) is 9.26. The number of carbonyl (C=O) groups is 1. The first-order chi connectivity index (χ1) is 7.20. The average Bonchev–Trinajstić information content (AvgIpc) is 2.62. The molecule has 1 aromatic rings. The van der Waals surface area contributed by atoms with E-state index in [1.54, 1.807) is 6.92 Å². The SMILES string of the molecule is CCOC(=O)c1nnc(C2CC(C)C2)s1. The zero-order valence-corrected chi connectivity index (χ0v) is 9.71. The van der Waals surface area contributed by atoms with E-state index in [0.29, 0.717) is 17.5 Å². The predicted octanol–water partition coefficient (Wildman–Crippen LogP) is 2.23. The lowest BCUT2D eigenvalue weighted by molar-refractivity contribution is 0.0525. The molecule has 15 heavy (non-hydrogen) atoms. The van der Waals surface area contributed by atoms with Gasteiger partial charge in [0.2, 0.25) is 5.01 Å². The highest BCUT2D eigenvalue weighted by Gasteiger charge is 2.30. The minimum absolute atomic E-state index is 0.353. The molecule has 0 atom stereocenters. The Morgan fingerprint density at radius 2 is 2.27 bits per heavy atom. The van der Waals surface area contributed by atoms with Gasteiger partial charge in [0.25, 0.3) is 0 Å². The predicted molar refractivity (Wildman–Crippen MR) is 57.0 cm³/mol. The van der Waals surface area contributed by atoms with Crippen LogP contribution >= 0.6 is 11.3 Å². The molecule has 0 aliphatic heterocycles. The second-order valence-electron chi connectivity index (χ2n) is 3.94. The van der Waals surface area contributed by atoms with Crippen LogP contribution in [0, 0.1) is 5.92 Å². The first-order valence-corrected chi connectivity index (χ1v) is 6.03. The maximum Gasteiger partial charge on any atom is 0.369 e. The minimum Gasteiger partial charge on any atom is -0.461 e. The first-order valence-electron chi connectivity index (χ1n) is 5.21. The average molecular weight is 226 g/mol. The summed E-state index contributed by atoms with van der Waals surface area (Å²) in [4.78, 5) is 11.3. The Labute approximate surface area is 92.7 Å². The van der Waals surface area contributed by atoms with E-state index in [2.05, 4.69) is 17.1 Å². The molecule has 0 N–H and O–H groups in total. The van der Waals surface area contributed by atoms with Gasteiger partial charge < -0.3 is 4.74 Å². The molecule has 0 bridgehead atoms.